The van der Waals surface area contributed by atoms with Crippen LogP contribution in [0.4, 0.5) is 0 Å². The van der Waals surface area contributed by atoms with Crippen molar-refractivity contribution >= 4 is 9.84 Å². The van der Waals surface area contributed by atoms with Gasteiger partial charge in [-0.15, -0.1) is 0 Å². The molecule has 3 nitrogen and oxygen atoms in total. The first-order valence-corrected chi connectivity index (χ1v) is 8.82. The molecule has 1 unspecified atom stereocenters. The lowest BCUT2D eigenvalue weighted by Crippen LogP contribution is -2.35. The van der Waals surface area contributed by atoms with Gasteiger partial charge in [-0.2, -0.15) is 5.26 Å². The summed E-state index contributed by atoms with van der Waals surface area (Å²) in [5, 5.41) is 9.55. The van der Waals surface area contributed by atoms with Crippen molar-refractivity contribution in [2.24, 2.45) is 23.2 Å². The number of hydrogen-bond acceptors (Lipinski definition) is 3. The van der Waals surface area contributed by atoms with Gasteiger partial charge in [0.2, 0.25) is 0 Å². The Hall–Kier alpha value is -0.560. The molecule has 2 fully saturated rings. The zero-order chi connectivity index (χ0) is 13.4. The molecule has 0 amide bonds. The summed E-state index contributed by atoms with van der Waals surface area (Å²) in [6, 6.07) is 2.49. The number of hydrogen-bond donors (Lipinski definition) is 0. The van der Waals surface area contributed by atoms with Crippen molar-refractivity contribution in [1.82, 2.24) is 0 Å². The van der Waals surface area contributed by atoms with Crippen molar-refractivity contribution < 1.29 is 8.42 Å². The normalized spacial score (nSPS) is 39.7. The van der Waals surface area contributed by atoms with Gasteiger partial charge >= 0.3 is 0 Å². The van der Waals surface area contributed by atoms with E-state index in [0.29, 0.717) is 18.3 Å². The fourth-order valence-corrected chi connectivity index (χ4v) is 5.57. The van der Waals surface area contributed by atoms with Crippen LogP contribution in [0.1, 0.15) is 46.0 Å². The van der Waals surface area contributed by atoms with E-state index >= 15 is 0 Å². The van der Waals surface area contributed by atoms with Crippen molar-refractivity contribution in [3.8, 4) is 6.07 Å². The molecule has 0 aromatic carbocycles. The van der Waals surface area contributed by atoms with E-state index in [-0.39, 0.29) is 22.8 Å². The van der Waals surface area contributed by atoms with Crippen LogP contribution < -0.4 is 0 Å². The molecule has 0 N–H and O–H groups in total. The predicted octanol–water partition coefficient (Wildman–Crippen LogP) is 2.78. The molecular weight excluding hydrogens is 246 g/mol. The molecule has 1 saturated heterocycles. The molecule has 1 heterocycles. The van der Waals surface area contributed by atoms with Crippen LogP contribution in [0.2, 0.25) is 0 Å². The molecule has 0 radical (unpaired) electrons. The van der Waals surface area contributed by atoms with Gasteiger partial charge in [-0.25, -0.2) is 8.42 Å². The van der Waals surface area contributed by atoms with Gasteiger partial charge in [0.15, 0.2) is 9.84 Å². The van der Waals surface area contributed by atoms with Crippen LogP contribution in [0.5, 0.6) is 0 Å². The first-order chi connectivity index (χ1) is 8.38. The van der Waals surface area contributed by atoms with Crippen LogP contribution in [0, 0.1) is 34.5 Å². The molecule has 18 heavy (non-hydrogen) atoms. The van der Waals surface area contributed by atoms with E-state index in [4.69, 9.17) is 0 Å². The summed E-state index contributed by atoms with van der Waals surface area (Å²) in [6.07, 6.45) is 4.66. The molecule has 0 aromatic rings. The topological polar surface area (TPSA) is 57.9 Å². The maximum absolute atomic E-state index is 11.6. The summed E-state index contributed by atoms with van der Waals surface area (Å²) < 4.78 is 23.2. The van der Waals surface area contributed by atoms with Crippen LogP contribution >= 0.6 is 0 Å². The minimum atomic E-state index is -2.87. The summed E-state index contributed by atoms with van der Waals surface area (Å²) in [5.74, 6) is 2.00. The van der Waals surface area contributed by atoms with Crippen LogP contribution in [-0.2, 0) is 9.84 Å². The lowest BCUT2D eigenvalue weighted by molar-refractivity contribution is 0.125. The third kappa shape index (κ3) is 2.56. The Morgan fingerprint density at radius 1 is 1.22 bits per heavy atom. The van der Waals surface area contributed by atoms with E-state index in [1.807, 2.05) is 0 Å². The molecule has 2 aliphatic rings. The third-order valence-electron chi connectivity index (χ3n) is 5.10. The molecule has 102 valence electrons. The zero-order valence-electron chi connectivity index (χ0n) is 11.4. The standard InChI is InChI=1S/C14H23NO2S/c1-11(2)12-3-6-14(10-15,7-4-12)13-5-8-18(16,17)9-13/h11-13H,3-9H2,1-2H3. The monoisotopic (exact) mass is 269 g/mol. The fourth-order valence-electron chi connectivity index (χ4n) is 3.66. The fraction of sp³-hybridized carbons (Fsp3) is 0.929. The highest BCUT2D eigenvalue weighted by Gasteiger charge is 2.46. The Balaban J connectivity index is 2.08. The van der Waals surface area contributed by atoms with Crippen molar-refractivity contribution in [3.05, 3.63) is 0 Å². The average Bonchev–Trinajstić information content (AvgIpc) is 2.70. The lowest BCUT2D eigenvalue weighted by Gasteiger charge is -2.40. The van der Waals surface area contributed by atoms with Crippen LogP contribution in [-0.4, -0.2) is 19.9 Å². The van der Waals surface area contributed by atoms with Crippen LogP contribution in [0.25, 0.3) is 0 Å². The van der Waals surface area contributed by atoms with Gasteiger partial charge in [0.25, 0.3) is 0 Å². The molecule has 0 spiro atoms. The van der Waals surface area contributed by atoms with E-state index in [9.17, 15) is 13.7 Å². The van der Waals surface area contributed by atoms with Crippen molar-refractivity contribution in [2.75, 3.05) is 11.5 Å². The minimum absolute atomic E-state index is 0.0839. The summed E-state index contributed by atoms with van der Waals surface area (Å²) in [6.45, 7) is 4.48. The van der Waals surface area contributed by atoms with Crippen molar-refractivity contribution in [3.63, 3.8) is 0 Å². The number of nitriles is 1. The van der Waals surface area contributed by atoms with Gasteiger partial charge in [-0.1, -0.05) is 13.8 Å². The zero-order valence-corrected chi connectivity index (χ0v) is 12.2. The van der Waals surface area contributed by atoms with Gasteiger partial charge in [0.1, 0.15) is 0 Å². The largest absolute Gasteiger partial charge is 0.229 e. The highest BCUT2D eigenvalue weighted by molar-refractivity contribution is 7.91. The predicted molar refractivity (Wildman–Crippen MR) is 71.6 cm³/mol. The second-order valence-corrected chi connectivity index (χ2v) is 8.68. The van der Waals surface area contributed by atoms with E-state index in [2.05, 4.69) is 19.9 Å². The Labute approximate surface area is 110 Å². The van der Waals surface area contributed by atoms with E-state index in [0.717, 1.165) is 25.7 Å². The highest BCUT2D eigenvalue weighted by atomic mass is 32.2. The lowest BCUT2D eigenvalue weighted by atomic mass is 9.63. The smallest absolute Gasteiger partial charge is 0.150 e. The minimum Gasteiger partial charge on any atom is -0.229 e. The molecule has 1 saturated carbocycles. The third-order valence-corrected chi connectivity index (χ3v) is 6.87. The Bertz CT molecular complexity index is 439. The SMILES string of the molecule is CC(C)C1CCC(C#N)(C2CCS(=O)(=O)C2)CC1. The number of rotatable bonds is 2. The van der Waals surface area contributed by atoms with Gasteiger partial charge in [0.05, 0.1) is 23.0 Å². The van der Waals surface area contributed by atoms with E-state index < -0.39 is 9.84 Å². The van der Waals surface area contributed by atoms with E-state index in [1.54, 1.807) is 0 Å². The molecule has 1 atom stereocenters. The quantitative estimate of drug-likeness (QED) is 0.774. The summed E-state index contributed by atoms with van der Waals surface area (Å²) in [4.78, 5) is 0. The van der Waals surface area contributed by atoms with Crippen LogP contribution in [0.3, 0.4) is 0 Å². The Morgan fingerprint density at radius 2 is 1.83 bits per heavy atom. The summed E-state index contributed by atoms with van der Waals surface area (Å²) in [5.41, 5.74) is -0.352. The second-order valence-electron chi connectivity index (χ2n) is 6.45. The number of nitrogens with zero attached hydrogens (tertiary/aromatic N) is 1. The average molecular weight is 269 g/mol. The summed E-state index contributed by atoms with van der Waals surface area (Å²) in [7, 11) is -2.87. The molecule has 1 aliphatic carbocycles. The van der Waals surface area contributed by atoms with Crippen LogP contribution in [0.15, 0.2) is 0 Å². The molecule has 0 aromatic heterocycles. The highest BCUT2D eigenvalue weighted by Crippen LogP contribution is 2.48. The number of sulfone groups is 1. The first-order valence-electron chi connectivity index (χ1n) is 7.00. The molecule has 0 bridgehead atoms. The van der Waals surface area contributed by atoms with Gasteiger partial charge in [-0.3, -0.25) is 0 Å². The summed E-state index contributed by atoms with van der Waals surface area (Å²) >= 11 is 0. The van der Waals surface area contributed by atoms with Crippen molar-refractivity contribution in [2.45, 2.75) is 46.0 Å². The van der Waals surface area contributed by atoms with Gasteiger partial charge < -0.3 is 0 Å². The first kappa shape index (κ1) is 13.9. The maximum Gasteiger partial charge on any atom is 0.150 e. The van der Waals surface area contributed by atoms with Gasteiger partial charge in [0, 0.05) is 0 Å². The van der Waals surface area contributed by atoms with Crippen molar-refractivity contribution in [1.29, 1.82) is 5.26 Å². The maximum atomic E-state index is 11.6. The molecule has 1 aliphatic heterocycles. The second kappa shape index (κ2) is 4.85. The molecule has 4 heteroatoms. The van der Waals surface area contributed by atoms with E-state index in [1.165, 1.54) is 0 Å². The molecular formula is C14H23NO2S. The Morgan fingerprint density at radius 3 is 2.22 bits per heavy atom. The molecule has 2 rings (SSSR count). The Kier molecular flexibility index (Phi) is 3.73. The van der Waals surface area contributed by atoms with Gasteiger partial charge in [-0.05, 0) is 49.9 Å².